The van der Waals surface area contributed by atoms with Crippen LogP contribution in [0.3, 0.4) is 0 Å². The number of carbonyl (C=O) groups is 1. The van der Waals surface area contributed by atoms with Gasteiger partial charge in [0.25, 0.3) is 5.91 Å². The largest absolute Gasteiger partial charge is 0.507 e. The zero-order chi connectivity index (χ0) is 13.8. The van der Waals surface area contributed by atoms with E-state index in [-0.39, 0.29) is 11.7 Å². The van der Waals surface area contributed by atoms with Gasteiger partial charge >= 0.3 is 0 Å². The number of carbonyl (C=O) groups excluding carboxylic acids is 1. The van der Waals surface area contributed by atoms with Crippen molar-refractivity contribution in [3.05, 3.63) is 27.3 Å². The number of aromatic hydroxyl groups is 1. The van der Waals surface area contributed by atoms with Gasteiger partial charge in [-0.1, -0.05) is 0 Å². The van der Waals surface area contributed by atoms with E-state index in [1.165, 1.54) is 6.42 Å². The molecule has 1 aromatic rings. The number of likely N-dealkylation sites (N-methyl/N-ethyl adjacent to an activating group) is 1. The van der Waals surface area contributed by atoms with E-state index in [1.54, 1.807) is 23.1 Å². The van der Waals surface area contributed by atoms with Crippen molar-refractivity contribution in [1.82, 2.24) is 10.2 Å². The Morgan fingerprint density at radius 3 is 3.00 bits per heavy atom. The molecule has 19 heavy (non-hydrogen) atoms. The van der Waals surface area contributed by atoms with Gasteiger partial charge in [0.15, 0.2) is 0 Å². The van der Waals surface area contributed by atoms with Gasteiger partial charge in [-0.15, -0.1) is 0 Å². The summed E-state index contributed by atoms with van der Waals surface area (Å²) in [6, 6.07) is 5.50. The molecule has 0 aliphatic carbocycles. The normalized spacial score (nSPS) is 18.5. The lowest BCUT2D eigenvalue weighted by atomic mass is 10.1. The first-order chi connectivity index (χ1) is 9.11. The summed E-state index contributed by atoms with van der Waals surface area (Å²) in [5.41, 5.74) is 0.395. The van der Waals surface area contributed by atoms with Gasteiger partial charge in [-0.05, 0) is 67.1 Å². The summed E-state index contributed by atoms with van der Waals surface area (Å²) in [6.07, 6.45) is 2.28. The molecule has 1 aromatic carbocycles. The maximum atomic E-state index is 12.5. The molecule has 1 atom stereocenters. The molecule has 0 spiro atoms. The number of phenolic OH excluding ortho intramolecular Hbond substituents is 1. The van der Waals surface area contributed by atoms with Crippen LogP contribution in [0.25, 0.3) is 0 Å². The van der Waals surface area contributed by atoms with Crippen molar-refractivity contribution < 1.29 is 9.90 Å². The van der Waals surface area contributed by atoms with Gasteiger partial charge in [-0.3, -0.25) is 4.79 Å². The summed E-state index contributed by atoms with van der Waals surface area (Å²) in [5.74, 6) is -0.0320. The summed E-state index contributed by atoms with van der Waals surface area (Å²) in [5, 5.41) is 13.2. The third-order valence-electron chi connectivity index (χ3n) is 3.46. The molecule has 1 saturated heterocycles. The predicted octanol–water partition coefficient (Wildman–Crippen LogP) is 2.21. The Bertz CT molecular complexity index is 459. The number of hydrogen-bond donors (Lipinski definition) is 2. The topological polar surface area (TPSA) is 52.6 Å². The molecule has 0 radical (unpaired) electrons. The van der Waals surface area contributed by atoms with Crippen molar-refractivity contribution >= 4 is 28.5 Å². The standard InChI is InChI=1S/C14H19IN2O2/c1-2-17(9-11-4-3-7-16-11)14(19)12-8-10(15)5-6-13(12)18/h5-6,8,11,16,18H,2-4,7,9H2,1H3. The molecule has 1 aliphatic rings. The Kier molecular flexibility index (Phi) is 5.04. The number of hydrogen-bond acceptors (Lipinski definition) is 3. The SMILES string of the molecule is CCN(CC1CCCN1)C(=O)c1cc(I)ccc1O. The summed E-state index contributed by atoms with van der Waals surface area (Å²) < 4.78 is 0.953. The van der Waals surface area contributed by atoms with Crippen LogP contribution in [0, 0.1) is 3.57 Å². The summed E-state index contributed by atoms with van der Waals surface area (Å²) in [4.78, 5) is 14.3. The van der Waals surface area contributed by atoms with Crippen molar-refractivity contribution in [1.29, 1.82) is 0 Å². The molecule has 2 rings (SSSR count). The fourth-order valence-electron chi connectivity index (χ4n) is 2.38. The minimum atomic E-state index is -0.0905. The molecular formula is C14H19IN2O2. The third-order valence-corrected chi connectivity index (χ3v) is 4.13. The second-order valence-electron chi connectivity index (χ2n) is 4.80. The van der Waals surface area contributed by atoms with Gasteiger partial charge in [-0.2, -0.15) is 0 Å². The highest BCUT2D eigenvalue weighted by Gasteiger charge is 2.23. The van der Waals surface area contributed by atoms with Crippen molar-refractivity contribution in [2.45, 2.75) is 25.8 Å². The van der Waals surface area contributed by atoms with Crippen molar-refractivity contribution in [3.8, 4) is 5.75 Å². The Labute approximate surface area is 127 Å². The molecule has 0 saturated carbocycles. The van der Waals surface area contributed by atoms with Crippen LogP contribution in [-0.2, 0) is 0 Å². The Morgan fingerprint density at radius 1 is 1.58 bits per heavy atom. The molecule has 1 unspecified atom stereocenters. The first-order valence-corrected chi connectivity index (χ1v) is 7.71. The summed E-state index contributed by atoms with van der Waals surface area (Å²) in [6.45, 7) is 4.37. The molecule has 2 N–H and O–H groups in total. The number of benzene rings is 1. The van der Waals surface area contributed by atoms with E-state index in [1.807, 2.05) is 6.92 Å². The maximum Gasteiger partial charge on any atom is 0.257 e. The fourth-order valence-corrected chi connectivity index (χ4v) is 2.88. The maximum absolute atomic E-state index is 12.5. The molecule has 4 nitrogen and oxygen atoms in total. The predicted molar refractivity (Wildman–Crippen MR) is 83.4 cm³/mol. The van der Waals surface area contributed by atoms with E-state index in [4.69, 9.17) is 0 Å². The van der Waals surface area contributed by atoms with Crippen LogP contribution in [0.4, 0.5) is 0 Å². The second kappa shape index (κ2) is 6.56. The average Bonchev–Trinajstić information content (AvgIpc) is 2.91. The van der Waals surface area contributed by atoms with Crippen LogP contribution in [0.1, 0.15) is 30.1 Å². The molecular weight excluding hydrogens is 355 g/mol. The summed E-state index contributed by atoms with van der Waals surface area (Å²) >= 11 is 2.15. The highest BCUT2D eigenvalue weighted by molar-refractivity contribution is 14.1. The average molecular weight is 374 g/mol. The van der Waals surface area contributed by atoms with E-state index >= 15 is 0 Å². The molecule has 5 heteroatoms. The van der Waals surface area contributed by atoms with E-state index in [9.17, 15) is 9.90 Å². The number of amides is 1. The van der Waals surface area contributed by atoms with Gasteiger partial charge in [0, 0.05) is 22.7 Å². The number of nitrogens with zero attached hydrogens (tertiary/aromatic N) is 1. The quantitative estimate of drug-likeness (QED) is 0.795. The van der Waals surface area contributed by atoms with Gasteiger partial charge in [0.1, 0.15) is 5.75 Å². The first-order valence-electron chi connectivity index (χ1n) is 6.63. The molecule has 0 aromatic heterocycles. The lowest BCUT2D eigenvalue weighted by Gasteiger charge is -2.25. The minimum Gasteiger partial charge on any atom is -0.507 e. The Balaban J connectivity index is 2.12. The molecule has 1 amide bonds. The highest BCUT2D eigenvalue weighted by atomic mass is 127. The van der Waals surface area contributed by atoms with Gasteiger partial charge in [0.2, 0.25) is 0 Å². The number of phenols is 1. The second-order valence-corrected chi connectivity index (χ2v) is 6.04. The molecule has 104 valence electrons. The zero-order valence-corrected chi connectivity index (χ0v) is 13.2. The first kappa shape index (κ1) is 14.6. The minimum absolute atomic E-state index is 0.0586. The zero-order valence-electron chi connectivity index (χ0n) is 11.0. The van der Waals surface area contributed by atoms with Gasteiger partial charge in [0.05, 0.1) is 5.56 Å². The number of rotatable bonds is 4. The van der Waals surface area contributed by atoms with Crippen LogP contribution in [0.5, 0.6) is 5.75 Å². The van der Waals surface area contributed by atoms with Crippen LogP contribution in [0.2, 0.25) is 0 Å². The van der Waals surface area contributed by atoms with E-state index in [0.717, 1.165) is 16.5 Å². The van der Waals surface area contributed by atoms with E-state index in [0.29, 0.717) is 24.7 Å². The monoisotopic (exact) mass is 374 g/mol. The van der Waals surface area contributed by atoms with Crippen LogP contribution >= 0.6 is 22.6 Å². The van der Waals surface area contributed by atoms with Crippen molar-refractivity contribution in [2.24, 2.45) is 0 Å². The Morgan fingerprint density at radius 2 is 2.37 bits per heavy atom. The van der Waals surface area contributed by atoms with Crippen molar-refractivity contribution in [3.63, 3.8) is 0 Å². The summed E-state index contributed by atoms with van der Waals surface area (Å²) in [7, 11) is 0. The lowest BCUT2D eigenvalue weighted by molar-refractivity contribution is 0.0748. The third kappa shape index (κ3) is 3.60. The van der Waals surface area contributed by atoms with Crippen molar-refractivity contribution in [2.75, 3.05) is 19.6 Å². The smallest absolute Gasteiger partial charge is 0.257 e. The lowest BCUT2D eigenvalue weighted by Crippen LogP contribution is -2.41. The number of nitrogens with one attached hydrogen (secondary N) is 1. The molecule has 1 fully saturated rings. The number of halogens is 1. The van der Waals surface area contributed by atoms with Gasteiger partial charge < -0.3 is 15.3 Å². The van der Waals surface area contributed by atoms with E-state index < -0.39 is 0 Å². The molecule has 1 heterocycles. The van der Waals surface area contributed by atoms with Crippen LogP contribution in [-0.4, -0.2) is 41.6 Å². The van der Waals surface area contributed by atoms with Crippen LogP contribution < -0.4 is 5.32 Å². The van der Waals surface area contributed by atoms with Gasteiger partial charge in [-0.25, -0.2) is 0 Å². The molecule has 0 bridgehead atoms. The fraction of sp³-hybridized carbons (Fsp3) is 0.500. The highest BCUT2D eigenvalue weighted by Crippen LogP contribution is 2.22. The van der Waals surface area contributed by atoms with Crippen LogP contribution in [0.15, 0.2) is 18.2 Å². The van der Waals surface area contributed by atoms with E-state index in [2.05, 4.69) is 27.9 Å². The Hall–Kier alpha value is -0.820. The molecule has 1 aliphatic heterocycles.